The monoisotopic (exact) mass is 263 g/mol. The normalized spacial score (nSPS) is 10.8. The number of hydrogen-bond acceptors (Lipinski definition) is 2. The van der Waals surface area contributed by atoms with Crippen LogP contribution in [-0.2, 0) is 17.8 Å². The molecule has 2 rings (SSSR count). The van der Waals surface area contributed by atoms with Crippen LogP contribution in [0.25, 0.3) is 10.9 Å². The summed E-state index contributed by atoms with van der Waals surface area (Å²) in [5.74, 6) is 0. The van der Waals surface area contributed by atoms with Crippen molar-refractivity contribution in [2.24, 2.45) is 0 Å². The van der Waals surface area contributed by atoms with Gasteiger partial charge in [-0.3, -0.25) is 4.79 Å². The molecule has 1 heterocycles. The van der Waals surface area contributed by atoms with Crippen molar-refractivity contribution >= 4 is 35.1 Å². The Labute approximate surface area is 110 Å². The van der Waals surface area contributed by atoms with Crippen molar-refractivity contribution in [1.29, 1.82) is 0 Å². The Morgan fingerprint density at radius 1 is 1.33 bits per heavy atom. The Hall–Kier alpha value is -1.61. The lowest BCUT2D eigenvalue weighted by Gasteiger charge is -2.07. The first-order chi connectivity index (χ1) is 8.63. The minimum absolute atomic E-state index is 0.260. The largest absolute Gasteiger partial charge is 0.337 e. The molecule has 2 aromatic rings. The van der Waals surface area contributed by atoms with Crippen molar-refractivity contribution in [3.05, 3.63) is 34.0 Å². The first-order valence-corrected chi connectivity index (χ1v) is 6.21. The molecule has 0 amide bonds. The standard InChI is InChI=1S/C14H14ClNO2/c1-3-13-12(8-18)11-7-10(15)6-9(2)14(11)16(13)4-5-17/h5-8H,3-4H2,1-2H3. The number of benzene rings is 1. The maximum absolute atomic E-state index is 11.3. The van der Waals surface area contributed by atoms with Crippen molar-refractivity contribution in [3.63, 3.8) is 0 Å². The highest BCUT2D eigenvalue weighted by Gasteiger charge is 2.17. The lowest BCUT2D eigenvalue weighted by atomic mass is 10.1. The summed E-state index contributed by atoms with van der Waals surface area (Å²) in [6.45, 7) is 4.17. The van der Waals surface area contributed by atoms with E-state index in [1.165, 1.54) is 0 Å². The predicted octanol–water partition coefficient (Wildman–Crippen LogP) is 3.18. The van der Waals surface area contributed by atoms with E-state index < -0.39 is 0 Å². The fraction of sp³-hybridized carbons (Fsp3) is 0.286. The number of carbonyl (C=O) groups excluding carboxylic acids is 2. The number of nitrogens with zero attached hydrogens (tertiary/aromatic N) is 1. The van der Waals surface area contributed by atoms with Crippen molar-refractivity contribution < 1.29 is 9.59 Å². The van der Waals surface area contributed by atoms with Crippen molar-refractivity contribution in [2.75, 3.05) is 0 Å². The van der Waals surface area contributed by atoms with Crippen LogP contribution in [0.5, 0.6) is 0 Å². The second-order valence-corrected chi connectivity index (χ2v) is 4.66. The topological polar surface area (TPSA) is 39.1 Å². The molecule has 1 aromatic heterocycles. The Bertz CT molecular complexity index is 628. The number of carbonyl (C=O) groups is 2. The van der Waals surface area contributed by atoms with E-state index in [4.69, 9.17) is 11.6 Å². The molecule has 0 saturated heterocycles. The molecule has 0 bridgehead atoms. The second kappa shape index (κ2) is 4.94. The fourth-order valence-electron chi connectivity index (χ4n) is 2.52. The lowest BCUT2D eigenvalue weighted by Crippen LogP contribution is -2.05. The average molecular weight is 264 g/mol. The van der Waals surface area contributed by atoms with Crippen LogP contribution in [0.15, 0.2) is 12.1 Å². The van der Waals surface area contributed by atoms with E-state index >= 15 is 0 Å². The van der Waals surface area contributed by atoms with Gasteiger partial charge in [0.1, 0.15) is 6.29 Å². The molecule has 0 atom stereocenters. The van der Waals surface area contributed by atoms with Crippen LogP contribution in [0.1, 0.15) is 28.5 Å². The van der Waals surface area contributed by atoms with Crippen LogP contribution in [-0.4, -0.2) is 17.1 Å². The molecular weight excluding hydrogens is 250 g/mol. The van der Waals surface area contributed by atoms with Crippen LogP contribution in [0.4, 0.5) is 0 Å². The summed E-state index contributed by atoms with van der Waals surface area (Å²) in [6.07, 6.45) is 2.40. The summed E-state index contributed by atoms with van der Waals surface area (Å²) in [5, 5.41) is 1.43. The van der Waals surface area contributed by atoms with Crippen LogP contribution in [0, 0.1) is 6.92 Å². The molecular formula is C14H14ClNO2. The zero-order valence-corrected chi connectivity index (χ0v) is 11.1. The summed E-state index contributed by atoms with van der Waals surface area (Å²) in [6, 6.07) is 3.63. The molecule has 0 N–H and O–H groups in total. The summed E-state index contributed by atoms with van der Waals surface area (Å²) in [5.41, 5.74) is 3.42. The van der Waals surface area contributed by atoms with Gasteiger partial charge in [0.25, 0.3) is 0 Å². The summed E-state index contributed by atoms with van der Waals surface area (Å²) in [4.78, 5) is 22.1. The van der Waals surface area contributed by atoms with Gasteiger partial charge in [0, 0.05) is 21.7 Å². The van der Waals surface area contributed by atoms with E-state index in [0.717, 1.165) is 34.7 Å². The third-order valence-corrected chi connectivity index (χ3v) is 3.39. The Kier molecular flexibility index (Phi) is 3.53. The Morgan fingerprint density at radius 2 is 2.06 bits per heavy atom. The highest BCUT2D eigenvalue weighted by atomic mass is 35.5. The maximum Gasteiger partial charge on any atom is 0.152 e. The summed E-state index contributed by atoms with van der Waals surface area (Å²) in [7, 11) is 0. The molecule has 18 heavy (non-hydrogen) atoms. The van der Waals surface area contributed by atoms with Gasteiger partial charge in [0.15, 0.2) is 6.29 Å². The third-order valence-electron chi connectivity index (χ3n) is 3.17. The maximum atomic E-state index is 11.3. The molecule has 0 aliphatic carbocycles. The number of fused-ring (bicyclic) bond motifs is 1. The molecule has 0 aliphatic rings. The predicted molar refractivity (Wildman–Crippen MR) is 72.5 cm³/mol. The van der Waals surface area contributed by atoms with Gasteiger partial charge in [0.2, 0.25) is 0 Å². The molecule has 0 radical (unpaired) electrons. The third kappa shape index (κ3) is 1.85. The van der Waals surface area contributed by atoms with Gasteiger partial charge >= 0.3 is 0 Å². The SMILES string of the molecule is CCc1c(C=O)c2cc(Cl)cc(C)c2n1CC=O. The molecule has 0 saturated carbocycles. The Morgan fingerprint density at radius 3 is 2.61 bits per heavy atom. The fourth-order valence-corrected chi connectivity index (χ4v) is 2.80. The van der Waals surface area contributed by atoms with Crippen molar-refractivity contribution in [3.8, 4) is 0 Å². The number of aryl methyl sites for hydroxylation is 1. The van der Waals surface area contributed by atoms with Gasteiger partial charge in [-0.25, -0.2) is 0 Å². The minimum Gasteiger partial charge on any atom is -0.337 e. The van der Waals surface area contributed by atoms with Gasteiger partial charge in [0.05, 0.1) is 12.1 Å². The zero-order chi connectivity index (χ0) is 13.3. The van der Waals surface area contributed by atoms with Crippen LogP contribution in [0.3, 0.4) is 0 Å². The van der Waals surface area contributed by atoms with Gasteiger partial charge < -0.3 is 9.36 Å². The molecule has 1 aromatic carbocycles. The number of aromatic nitrogens is 1. The van der Waals surface area contributed by atoms with Crippen LogP contribution >= 0.6 is 11.6 Å². The van der Waals surface area contributed by atoms with E-state index in [1.54, 1.807) is 6.07 Å². The van der Waals surface area contributed by atoms with Gasteiger partial charge in [-0.1, -0.05) is 18.5 Å². The quantitative estimate of drug-likeness (QED) is 0.795. The molecule has 94 valence electrons. The molecule has 3 nitrogen and oxygen atoms in total. The van der Waals surface area contributed by atoms with Gasteiger partial charge in [-0.15, -0.1) is 0 Å². The number of aldehydes is 2. The van der Waals surface area contributed by atoms with E-state index in [2.05, 4.69) is 0 Å². The Balaban J connectivity index is 2.95. The van der Waals surface area contributed by atoms with Gasteiger partial charge in [-0.2, -0.15) is 0 Å². The van der Waals surface area contributed by atoms with E-state index in [9.17, 15) is 9.59 Å². The molecule has 0 aliphatic heterocycles. The highest BCUT2D eigenvalue weighted by Crippen LogP contribution is 2.30. The first kappa shape index (κ1) is 12.8. The number of hydrogen-bond donors (Lipinski definition) is 0. The molecule has 0 fully saturated rings. The molecule has 0 unspecified atom stereocenters. The summed E-state index contributed by atoms with van der Waals surface area (Å²) < 4.78 is 1.90. The van der Waals surface area contributed by atoms with E-state index in [-0.39, 0.29) is 6.54 Å². The smallest absolute Gasteiger partial charge is 0.152 e. The van der Waals surface area contributed by atoms with E-state index in [1.807, 2.05) is 24.5 Å². The van der Waals surface area contributed by atoms with Gasteiger partial charge in [-0.05, 0) is 31.0 Å². The first-order valence-electron chi connectivity index (χ1n) is 5.84. The number of rotatable bonds is 4. The lowest BCUT2D eigenvalue weighted by molar-refractivity contribution is -0.108. The highest BCUT2D eigenvalue weighted by molar-refractivity contribution is 6.31. The molecule has 4 heteroatoms. The van der Waals surface area contributed by atoms with E-state index in [0.29, 0.717) is 17.0 Å². The number of halogens is 1. The summed E-state index contributed by atoms with van der Waals surface area (Å²) >= 11 is 6.04. The molecule has 0 spiro atoms. The minimum atomic E-state index is 0.260. The second-order valence-electron chi connectivity index (χ2n) is 4.23. The van der Waals surface area contributed by atoms with Crippen molar-refractivity contribution in [2.45, 2.75) is 26.8 Å². The van der Waals surface area contributed by atoms with Crippen LogP contribution in [0.2, 0.25) is 5.02 Å². The zero-order valence-electron chi connectivity index (χ0n) is 10.4. The average Bonchev–Trinajstić information content (AvgIpc) is 2.62. The van der Waals surface area contributed by atoms with Crippen molar-refractivity contribution in [1.82, 2.24) is 4.57 Å². The van der Waals surface area contributed by atoms with Crippen LogP contribution < -0.4 is 0 Å².